The van der Waals surface area contributed by atoms with Gasteiger partial charge in [0.1, 0.15) is 5.82 Å². The van der Waals surface area contributed by atoms with Crippen LogP contribution >= 0.6 is 0 Å². The number of hydrogen-bond donors (Lipinski definition) is 0. The molecular formula is C12H12FNO2. The molecule has 4 heteroatoms. The molecule has 0 aliphatic carbocycles. The lowest BCUT2D eigenvalue weighted by Crippen LogP contribution is -2.09. The highest BCUT2D eigenvalue weighted by molar-refractivity contribution is 5.90. The molecule has 0 saturated heterocycles. The number of nitriles is 1. The van der Waals surface area contributed by atoms with E-state index in [9.17, 15) is 9.18 Å². The normalized spacial score (nSPS) is 9.62. The van der Waals surface area contributed by atoms with Crippen LogP contribution in [0, 0.1) is 17.1 Å². The number of carbonyl (C=O) groups excluding carboxylic acids is 1. The quantitative estimate of drug-likeness (QED) is 0.736. The van der Waals surface area contributed by atoms with Gasteiger partial charge < -0.3 is 4.74 Å². The van der Waals surface area contributed by atoms with Crippen LogP contribution in [0.3, 0.4) is 0 Å². The molecule has 0 unspecified atom stereocenters. The monoisotopic (exact) mass is 221 g/mol. The lowest BCUT2D eigenvalue weighted by atomic mass is 10.0. The van der Waals surface area contributed by atoms with Crippen molar-refractivity contribution < 1.29 is 13.9 Å². The molecule has 0 N–H and O–H groups in total. The van der Waals surface area contributed by atoms with E-state index in [1.165, 1.54) is 12.1 Å². The Labute approximate surface area is 93.5 Å². The standard InChI is InChI=1S/C12H12FNO2/c1-3-9-8(7-14)5-6-10(11(9)13)12(15)16-4-2/h5-6H,3-4H2,1-2H3. The summed E-state index contributed by atoms with van der Waals surface area (Å²) >= 11 is 0. The smallest absolute Gasteiger partial charge is 0.341 e. The van der Waals surface area contributed by atoms with Crippen LogP contribution in [0.2, 0.25) is 0 Å². The first kappa shape index (κ1) is 12.2. The van der Waals surface area contributed by atoms with Crippen molar-refractivity contribution in [3.63, 3.8) is 0 Å². The van der Waals surface area contributed by atoms with E-state index in [0.29, 0.717) is 6.42 Å². The van der Waals surface area contributed by atoms with Gasteiger partial charge in [0.15, 0.2) is 0 Å². The second-order valence-electron chi connectivity index (χ2n) is 3.14. The molecule has 0 radical (unpaired) electrons. The number of benzene rings is 1. The van der Waals surface area contributed by atoms with E-state index in [2.05, 4.69) is 0 Å². The molecule has 3 nitrogen and oxygen atoms in total. The second kappa shape index (κ2) is 5.26. The SMILES string of the molecule is CCOC(=O)c1ccc(C#N)c(CC)c1F. The van der Waals surface area contributed by atoms with Crippen molar-refractivity contribution in [2.75, 3.05) is 6.61 Å². The van der Waals surface area contributed by atoms with Crippen LogP contribution in [0.4, 0.5) is 4.39 Å². The average Bonchev–Trinajstić information content (AvgIpc) is 2.28. The summed E-state index contributed by atoms with van der Waals surface area (Å²) in [5.41, 5.74) is 0.402. The third-order valence-corrected chi connectivity index (χ3v) is 2.21. The lowest BCUT2D eigenvalue weighted by Gasteiger charge is -2.07. The van der Waals surface area contributed by atoms with Gasteiger partial charge in [-0.25, -0.2) is 9.18 Å². The summed E-state index contributed by atoms with van der Waals surface area (Å²) in [7, 11) is 0. The van der Waals surface area contributed by atoms with Crippen LogP contribution in [0.15, 0.2) is 12.1 Å². The molecule has 84 valence electrons. The molecule has 16 heavy (non-hydrogen) atoms. The highest BCUT2D eigenvalue weighted by Gasteiger charge is 2.17. The van der Waals surface area contributed by atoms with Gasteiger partial charge >= 0.3 is 5.97 Å². The number of halogens is 1. The molecule has 0 spiro atoms. The molecule has 1 aromatic carbocycles. The minimum absolute atomic E-state index is 0.113. The van der Waals surface area contributed by atoms with Crippen LogP contribution in [-0.4, -0.2) is 12.6 Å². The Bertz CT molecular complexity index is 449. The largest absolute Gasteiger partial charge is 0.462 e. The Kier molecular flexibility index (Phi) is 4.01. The fourth-order valence-electron chi connectivity index (χ4n) is 1.44. The summed E-state index contributed by atoms with van der Waals surface area (Å²) in [6.07, 6.45) is 0.363. The summed E-state index contributed by atoms with van der Waals surface area (Å²) in [6, 6.07) is 4.61. The van der Waals surface area contributed by atoms with E-state index in [-0.39, 0.29) is 23.3 Å². The predicted molar refractivity (Wildman–Crippen MR) is 56.4 cm³/mol. The third kappa shape index (κ3) is 2.19. The Morgan fingerprint density at radius 3 is 2.69 bits per heavy atom. The molecule has 0 aromatic heterocycles. The summed E-state index contributed by atoms with van der Waals surface area (Å²) < 4.78 is 18.6. The zero-order valence-corrected chi connectivity index (χ0v) is 9.21. The van der Waals surface area contributed by atoms with Crippen LogP contribution in [0.25, 0.3) is 0 Å². The minimum Gasteiger partial charge on any atom is -0.462 e. The van der Waals surface area contributed by atoms with Gasteiger partial charge in [-0.15, -0.1) is 0 Å². The summed E-state index contributed by atoms with van der Waals surface area (Å²) in [5.74, 6) is -1.35. The van der Waals surface area contributed by atoms with Crippen molar-refractivity contribution in [1.82, 2.24) is 0 Å². The van der Waals surface area contributed by atoms with Crippen LogP contribution in [0.1, 0.15) is 35.3 Å². The number of ether oxygens (including phenoxy) is 1. The molecular weight excluding hydrogens is 209 g/mol. The molecule has 1 aromatic rings. The first-order valence-electron chi connectivity index (χ1n) is 5.04. The van der Waals surface area contributed by atoms with Crippen molar-refractivity contribution >= 4 is 5.97 Å². The van der Waals surface area contributed by atoms with E-state index >= 15 is 0 Å². The summed E-state index contributed by atoms with van der Waals surface area (Å²) in [4.78, 5) is 11.4. The first-order chi connectivity index (χ1) is 7.65. The number of rotatable bonds is 3. The van der Waals surface area contributed by atoms with Crippen molar-refractivity contribution in [1.29, 1.82) is 5.26 Å². The van der Waals surface area contributed by atoms with Gasteiger partial charge in [-0.2, -0.15) is 5.26 Å². The van der Waals surface area contributed by atoms with Gasteiger partial charge in [0.25, 0.3) is 0 Å². The maximum Gasteiger partial charge on any atom is 0.341 e. The highest BCUT2D eigenvalue weighted by atomic mass is 19.1. The van der Waals surface area contributed by atoms with Crippen LogP contribution in [0.5, 0.6) is 0 Å². The molecule has 0 amide bonds. The maximum absolute atomic E-state index is 13.8. The molecule has 0 atom stereocenters. The van der Waals surface area contributed by atoms with E-state index in [4.69, 9.17) is 10.00 Å². The van der Waals surface area contributed by atoms with E-state index in [1.807, 2.05) is 6.07 Å². The van der Waals surface area contributed by atoms with E-state index in [0.717, 1.165) is 0 Å². The van der Waals surface area contributed by atoms with Gasteiger partial charge in [-0.05, 0) is 25.5 Å². The lowest BCUT2D eigenvalue weighted by molar-refractivity contribution is 0.0521. The Morgan fingerprint density at radius 1 is 1.50 bits per heavy atom. The Balaban J connectivity index is 3.25. The zero-order chi connectivity index (χ0) is 12.1. The molecule has 0 saturated carbocycles. The third-order valence-electron chi connectivity index (χ3n) is 2.21. The molecule has 0 aliphatic heterocycles. The van der Waals surface area contributed by atoms with Gasteiger partial charge in [0, 0.05) is 5.56 Å². The van der Waals surface area contributed by atoms with Gasteiger partial charge in [-0.1, -0.05) is 6.92 Å². The number of esters is 1. The summed E-state index contributed by atoms with van der Waals surface area (Å²) in [5, 5.41) is 8.77. The number of carbonyl (C=O) groups is 1. The Morgan fingerprint density at radius 2 is 2.19 bits per heavy atom. The van der Waals surface area contributed by atoms with E-state index in [1.54, 1.807) is 13.8 Å². The fraction of sp³-hybridized carbons (Fsp3) is 0.333. The number of nitrogens with zero attached hydrogens (tertiary/aromatic N) is 1. The fourth-order valence-corrected chi connectivity index (χ4v) is 1.44. The Hall–Kier alpha value is -1.89. The predicted octanol–water partition coefficient (Wildman–Crippen LogP) is 2.44. The number of hydrogen-bond acceptors (Lipinski definition) is 3. The minimum atomic E-state index is -0.695. The molecule has 1 rings (SSSR count). The maximum atomic E-state index is 13.8. The van der Waals surface area contributed by atoms with Crippen LogP contribution in [-0.2, 0) is 11.2 Å². The van der Waals surface area contributed by atoms with Gasteiger partial charge in [-0.3, -0.25) is 0 Å². The van der Waals surface area contributed by atoms with Gasteiger partial charge in [0.05, 0.1) is 23.8 Å². The molecule has 0 aliphatic rings. The molecule has 0 bridgehead atoms. The topological polar surface area (TPSA) is 50.1 Å². The van der Waals surface area contributed by atoms with Crippen molar-refractivity contribution in [3.8, 4) is 6.07 Å². The average molecular weight is 221 g/mol. The molecule has 0 fully saturated rings. The zero-order valence-electron chi connectivity index (χ0n) is 9.21. The van der Waals surface area contributed by atoms with Crippen molar-refractivity contribution in [2.24, 2.45) is 0 Å². The first-order valence-corrected chi connectivity index (χ1v) is 5.04. The second-order valence-corrected chi connectivity index (χ2v) is 3.14. The van der Waals surface area contributed by atoms with Gasteiger partial charge in [0.2, 0.25) is 0 Å². The van der Waals surface area contributed by atoms with E-state index < -0.39 is 11.8 Å². The highest BCUT2D eigenvalue weighted by Crippen LogP contribution is 2.18. The molecule has 0 heterocycles. The van der Waals surface area contributed by atoms with Crippen molar-refractivity contribution in [2.45, 2.75) is 20.3 Å². The van der Waals surface area contributed by atoms with Crippen LogP contribution < -0.4 is 0 Å². The van der Waals surface area contributed by atoms with Crippen molar-refractivity contribution in [3.05, 3.63) is 34.6 Å². The summed E-state index contributed by atoms with van der Waals surface area (Å²) in [6.45, 7) is 3.58.